The minimum Gasteiger partial charge on any atom is -0.510 e. The number of fused-ring (bicyclic) bond motifs is 2. The van der Waals surface area contributed by atoms with Crippen molar-refractivity contribution < 1.29 is 39.6 Å². The summed E-state index contributed by atoms with van der Waals surface area (Å²) in [4.78, 5) is 52.1. The maximum Gasteiger partial charge on any atom is 0.255 e. The van der Waals surface area contributed by atoms with E-state index >= 15 is 0 Å². The van der Waals surface area contributed by atoms with Crippen molar-refractivity contribution in [2.75, 3.05) is 20.0 Å². The van der Waals surface area contributed by atoms with Gasteiger partial charge in [-0.1, -0.05) is 30.3 Å². The zero-order chi connectivity index (χ0) is 30.9. The number of nitrogens with zero attached hydrogens (tertiary/aromatic N) is 1. The number of hydrogen-bond donors (Lipinski definition) is 6. The number of carbonyl (C=O) groups is 4. The van der Waals surface area contributed by atoms with Crippen molar-refractivity contribution in [2.24, 2.45) is 11.7 Å². The number of alkyl halides is 1. The number of likely N-dealkylation sites (N-methyl/N-ethyl adjacent to an activating group) is 1. The molecule has 2 aromatic carbocycles. The number of benzene rings is 2. The molecule has 2 aliphatic carbocycles. The van der Waals surface area contributed by atoms with E-state index in [1.807, 2.05) is 30.3 Å². The summed E-state index contributed by atoms with van der Waals surface area (Å²) in [5, 5.41) is 47.7. The Morgan fingerprint density at radius 3 is 2.36 bits per heavy atom. The number of carbonyl (C=O) groups excluding carboxylic acids is 4. The largest absolute Gasteiger partial charge is 0.510 e. The molecular weight excluding hydrogens is 566 g/mol. The lowest BCUT2D eigenvalue weighted by molar-refractivity contribution is -0.125. The fourth-order valence-electron chi connectivity index (χ4n) is 5.80. The highest BCUT2D eigenvalue weighted by molar-refractivity contribution is 6.27. The second-order valence-electron chi connectivity index (χ2n) is 10.6. The second-order valence-corrected chi connectivity index (χ2v) is 10.9. The van der Waals surface area contributed by atoms with Crippen molar-refractivity contribution in [1.82, 2.24) is 10.2 Å². The van der Waals surface area contributed by atoms with Gasteiger partial charge in [-0.2, -0.15) is 0 Å². The van der Waals surface area contributed by atoms with E-state index in [2.05, 4.69) is 5.32 Å². The van der Waals surface area contributed by atoms with Crippen molar-refractivity contribution in [3.63, 3.8) is 0 Å². The SMILES string of the molecule is CN(C)[C@@H]1/C(O)=C(/C(N)=O)C(=O)CC(=O)C2=C(O)c3c(O)c(CNC(=O)CCl)cc(-c4ccccc4)c3C[C@H]2C[C@@H]1O. The highest BCUT2D eigenvalue weighted by Crippen LogP contribution is 2.47. The van der Waals surface area contributed by atoms with E-state index in [4.69, 9.17) is 17.3 Å². The predicted molar refractivity (Wildman–Crippen MR) is 154 cm³/mol. The summed E-state index contributed by atoms with van der Waals surface area (Å²) in [6.07, 6.45) is -2.37. The zero-order valence-corrected chi connectivity index (χ0v) is 23.8. The lowest BCUT2D eigenvalue weighted by Crippen LogP contribution is -2.45. The first-order chi connectivity index (χ1) is 19.9. The number of ketones is 2. The summed E-state index contributed by atoms with van der Waals surface area (Å²) in [5.74, 6) is -6.49. The van der Waals surface area contributed by atoms with Gasteiger partial charge in [0.15, 0.2) is 11.6 Å². The molecule has 0 radical (unpaired) electrons. The van der Waals surface area contributed by atoms with Gasteiger partial charge in [0.2, 0.25) is 5.91 Å². The van der Waals surface area contributed by atoms with E-state index in [9.17, 15) is 39.6 Å². The third-order valence-electron chi connectivity index (χ3n) is 7.65. The normalized spacial score (nSPS) is 22.9. The summed E-state index contributed by atoms with van der Waals surface area (Å²) in [6.45, 7) is -0.127. The summed E-state index contributed by atoms with van der Waals surface area (Å²) < 4.78 is 0. The zero-order valence-electron chi connectivity index (χ0n) is 23.1. The lowest BCUT2D eigenvalue weighted by Gasteiger charge is -2.35. The summed E-state index contributed by atoms with van der Waals surface area (Å²) >= 11 is 5.60. The Bertz CT molecular complexity index is 1520. The first-order valence-corrected chi connectivity index (χ1v) is 13.7. The Morgan fingerprint density at radius 2 is 1.76 bits per heavy atom. The minimum absolute atomic E-state index is 0.0391. The molecule has 0 bridgehead atoms. The molecule has 42 heavy (non-hydrogen) atoms. The van der Waals surface area contributed by atoms with E-state index in [0.29, 0.717) is 11.1 Å². The van der Waals surface area contributed by atoms with Crippen molar-refractivity contribution in [3.8, 4) is 16.9 Å². The molecule has 11 nitrogen and oxygen atoms in total. The number of aliphatic hydroxyl groups excluding tert-OH is 3. The van der Waals surface area contributed by atoms with Crippen molar-refractivity contribution in [2.45, 2.75) is 38.0 Å². The van der Waals surface area contributed by atoms with Gasteiger partial charge in [-0.15, -0.1) is 11.6 Å². The first kappa shape index (κ1) is 30.8. The van der Waals surface area contributed by atoms with Crippen LogP contribution in [0.3, 0.4) is 0 Å². The number of allylic oxidation sites excluding steroid dienone is 1. The molecule has 3 atom stereocenters. The lowest BCUT2D eigenvalue weighted by atomic mass is 9.73. The number of nitrogens with one attached hydrogen (secondary N) is 1. The number of rotatable bonds is 6. The van der Waals surface area contributed by atoms with Gasteiger partial charge in [0.1, 0.15) is 28.7 Å². The molecule has 0 aromatic heterocycles. The quantitative estimate of drug-likeness (QED) is 0.164. The van der Waals surface area contributed by atoms with E-state index < -0.39 is 65.0 Å². The number of aliphatic hydroxyl groups is 3. The van der Waals surface area contributed by atoms with Gasteiger partial charge in [0.25, 0.3) is 5.91 Å². The van der Waals surface area contributed by atoms with Crippen LogP contribution in [0.1, 0.15) is 29.5 Å². The summed E-state index contributed by atoms with van der Waals surface area (Å²) in [6, 6.07) is 9.55. The molecule has 2 amide bonds. The van der Waals surface area contributed by atoms with Crippen LogP contribution in [0.25, 0.3) is 16.9 Å². The smallest absolute Gasteiger partial charge is 0.255 e. The highest BCUT2D eigenvalue weighted by atomic mass is 35.5. The Hall–Kier alpha value is -4.19. The Balaban J connectivity index is 1.96. The number of hydrogen-bond acceptors (Lipinski definition) is 9. The van der Waals surface area contributed by atoms with E-state index in [1.54, 1.807) is 6.07 Å². The number of phenols is 1. The average Bonchev–Trinajstić information content (AvgIpc) is 2.91. The van der Waals surface area contributed by atoms with Crippen molar-refractivity contribution >= 4 is 40.7 Å². The molecule has 222 valence electrons. The molecule has 4 rings (SSSR count). The van der Waals surface area contributed by atoms with Crippen LogP contribution < -0.4 is 11.1 Å². The predicted octanol–water partition coefficient (Wildman–Crippen LogP) is 1.88. The molecule has 0 unspecified atom stereocenters. The second kappa shape index (κ2) is 12.4. The van der Waals surface area contributed by atoms with Gasteiger partial charge in [-0.25, -0.2) is 0 Å². The first-order valence-electron chi connectivity index (χ1n) is 13.2. The van der Waals surface area contributed by atoms with Gasteiger partial charge in [-0.05, 0) is 55.6 Å². The number of aromatic hydroxyl groups is 1. The monoisotopic (exact) mass is 597 g/mol. The number of phenolic OH excluding ortho intramolecular Hbond substituents is 1. The number of primary amides is 1. The van der Waals surface area contributed by atoms with Crippen LogP contribution in [0, 0.1) is 5.92 Å². The molecule has 0 aliphatic heterocycles. The molecule has 2 aromatic rings. The van der Waals surface area contributed by atoms with Crippen LogP contribution in [0.5, 0.6) is 5.75 Å². The topological polar surface area (TPSA) is 190 Å². The fraction of sp³-hybridized carbons (Fsp3) is 0.333. The van der Waals surface area contributed by atoms with E-state index in [1.165, 1.54) is 19.0 Å². The molecule has 12 heteroatoms. The van der Waals surface area contributed by atoms with Gasteiger partial charge in [-0.3, -0.25) is 24.1 Å². The van der Waals surface area contributed by atoms with Crippen molar-refractivity contribution in [3.05, 3.63) is 70.0 Å². The van der Waals surface area contributed by atoms with Gasteiger partial charge < -0.3 is 31.5 Å². The molecule has 0 fully saturated rings. The molecule has 0 spiro atoms. The molecule has 7 N–H and O–H groups in total. The third kappa shape index (κ3) is 5.76. The van der Waals surface area contributed by atoms with Crippen LogP contribution in [0.4, 0.5) is 0 Å². The molecule has 2 aliphatic rings. The maximum atomic E-state index is 13.6. The Morgan fingerprint density at radius 1 is 1.10 bits per heavy atom. The van der Waals surface area contributed by atoms with E-state index in [0.717, 1.165) is 5.56 Å². The van der Waals surface area contributed by atoms with Crippen LogP contribution in [-0.2, 0) is 32.1 Å². The maximum absolute atomic E-state index is 13.6. The molecular formula is C30H32ClN3O8. The number of nitrogens with two attached hydrogens (primary N) is 1. The standard InChI is InChI=1S/C30H32ClN3O8/c1-34(2)26-21(37)10-15-8-18-17(14-6-4-3-5-7-14)9-16(13-33-22(38)12-31)27(39)24(18)28(40)23(15)19(35)11-20(36)25(29(26)41)30(32)42/h3-7,9,15,21,26,37,39-41H,8,10-13H2,1-2H3,(H2,32,42)(H,33,38)/b29-25-/t15-,21-,26-/m0/s1. The minimum atomic E-state index is -1.40. The van der Waals surface area contributed by atoms with Crippen LogP contribution in [0.15, 0.2) is 53.3 Å². The van der Waals surface area contributed by atoms with Gasteiger partial charge in [0, 0.05) is 17.7 Å². The van der Waals surface area contributed by atoms with Crippen LogP contribution in [-0.4, -0.2) is 80.8 Å². The fourth-order valence-corrected chi connectivity index (χ4v) is 5.89. The third-order valence-corrected chi connectivity index (χ3v) is 7.89. The van der Waals surface area contributed by atoms with Crippen molar-refractivity contribution in [1.29, 1.82) is 0 Å². The summed E-state index contributed by atoms with van der Waals surface area (Å²) in [5.41, 5.74) is 6.42. The highest BCUT2D eigenvalue weighted by Gasteiger charge is 2.42. The average molecular weight is 598 g/mol. The number of amides is 2. The molecule has 0 saturated heterocycles. The number of halogens is 1. The Labute approximate surface area is 246 Å². The van der Waals surface area contributed by atoms with Gasteiger partial charge >= 0.3 is 0 Å². The molecule has 0 saturated carbocycles. The molecule has 0 heterocycles. The van der Waals surface area contributed by atoms with Crippen LogP contribution >= 0.6 is 11.6 Å². The van der Waals surface area contributed by atoms with Crippen LogP contribution in [0.2, 0.25) is 0 Å². The van der Waals surface area contributed by atoms with E-state index in [-0.39, 0.29) is 47.7 Å². The summed E-state index contributed by atoms with van der Waals surface area (Å²) in [7, 11) is 3.06. The Kier molecular flexibility index (Phi) is 9.05. The van der Waals surface area contributed by atoms with Gasteiger partial charge in [0.05, 0.1) is 24.1 Å². The number of Topliss-reactive ketones (excluding diaryl/α,β-unsaturated/α-hetero) is 2.